The van der Waals surface area contributed by atoms with E-state index in [4.69, 9.17) is 4.74 Å². The highest BCUT2D eigenvalue weighted by molar-refractivity contribution is 7.90. The summed E-state index contributed by atoms with van der Waals surface area (Å²) in [6.45, 7) is 6.61. The van der Waals surface area contributed by atoms with Gasteiger partial charge >= 0.3 is 0 Å². The zero-order valence-corrected chi connectivity index (χ0v) is 15.6. The predicted molar refractivity (Wildman–Crippen MR) is 94.8 cm³/mol. The molecule has 1 heterocycles. The second-order valence-electron chi connectivity index (χ2n) is 4.94. The van der Waals surface area contributed by atoms with Gasteiger partial charge in [-0.1, -0.05) is 6.92 Å². The van der Waals surface area contributed by atoms with Crippen LogP contribution >= 0.6 is 11.3 Å². The maximum absolute atomic E-state index is 11.0. The highest BCUT2D eigenvalue weighted by Crippen LogP contribution is 2.13. The number of nitrogens with zero attached hydrogens (tertiary/aromatic N) is 2. The summed E-state index contributed by atoms with van der Waals surface area (Å²) >= 11 is 1.67. The van der Waals surface area contributed by atoms with Gasteiger partial charge in [0, 0.05) is 30.4 Å². The van der Waals surface area contributed by atoms with Gasteiger partial charge in [0.1, 0.15) is 14.8 Å². The average molecular weight is 363 g/mol. The van der Waals surface area contributed by atoms with Crippen LogP contribution in [0.25, 0.3) is 0 Å². The van der Waals surface area contributed by atoms with Crippen molar-refractivity contribution < 1.29 is 13.2 Å². The van der Waals surface area contributed by atoms with Gasteiger partial charge in [-0.15, -0.1) is 11.3 Å². The first-order valence-corrected chi connectivity index (χ1v) is 10.5. The molecule has 0 aliphatic carbocycles. The number of aryl methyl sites for hydroxylation is 1. The molecule has 132 valence electrons. The standard InChI is InChI=1S/C14H26N4O3S2/c1-4-12-10-17-13(22-12)11-18-14(15-5-2)16-6-7-21-8-9-23(3,19)20/h10H,4-9,11H2,1-3H3,(H2,15,16,18). The molecule has 2 N–H and O–H groups in total. The Morgan fingerprint density at radius 1 is 1.35 bits per heavy atom. The molecule has 7 nitrogen and oxygen atoms in total. The van der Waals surface area contributed by atoms with E-state index in [0.717, 1.165) is 18.0 Å². The molecule has 23 heavy (non-hydrogen) atoms. The number of aliphatic imine (C=N–C) groups is 1. The molecule has 0 aliphatic heterocycles. The van der Waals surface area contributed by atoms with E-state index in [1.807, 2.05) is 13.1 Å². The van der Waals surface area contributed by atoms with E-state index in [9.17, 15) is 8.42 Å². The summed E-state index contributed by atoms with van der Waals surface area (Å²) in [6.07, 6.45) is 4.09. The summed E-state index contributed by atoms with van der Waals surface area (Å²) in [5, 5.41) is 7.29. The Bertz CT molecular complexity index is 585. The van der Waals surface area contributed by atoms with Crippen molar-refractivity contribution in [3.05, 3.63) is 16.1 Å². The quantitative estimate of drug-likeness (QED) is 0.364. The van der Waals surface area contributed by atoms with Gasteiger partial charge in [-0.2, -0.15) is 0 Å². The van der Waals surface area contributed by atoms with Crippen LogP contribution in [-0.4, -0.2) is 57.7 Å². The third kappa shape index (κ3) is 9.52. The fourth-order valence-corrected chi connectivity index (χ4v) is 2.83. The summed E-state index contributed by atoms with van der Waals surface area (Å²) in [7, 11) is -2.96. The molecule has 0 aliphatic rings. The summed E-state index contributed by atoms with van der Waals surface area (Å²) in [4.78, 5) is 10.1. The number of hydrogen-bond acceptors (Lipinski definition) is 6. The van der Waals surface area contributed by atoms with E-state index >= 15 is 0 Å². The van der Waals surface area contributed by atoms with Crippen molar-refractivity contribution in [1.29, 1.82) is 0 Å². The molecule has 0 radical (unpaired) electrons. The van der Waals surface area contributed by atoms with E-state index in [1.54, 1.807) is 11.3 Å². The number of sulfone groups is 1. The number of hydrogen-bond donors (Lipinski definition) is 2. The fourth-order valence-electron chi connectivity index (χ4n) is 1.63. The molecular formula is C14H26N4O3S2. The molecule has 0 unspecified atom stereocenters. The first kappa shape index (κ1) is 19.9. The third-order valence-electron chi connectivity index (χ3n) is 2.80. The zero-order valence-electron chi connectivity index (χ0n) is 14.0. The Kier molecular flexibility index (Phi) is 9.12. The third-order valence-corrected chi connectivity index (χ3v) is 4.84. The highest BCUT2D eigenvalue weighted by Gasteiger charge is 2.03. The lowest BCUT2D eigenvalue weighted by molar-refractivity contribution is 0.154. The first-order valence-electron chi connectivity index (χ1n) is 7.65. The van der Waals surface area contributed by atoms with E-state index < -0.39 is 9.84 Å². The lowest BCUT2D eigenvalue weighted by atomic mass is 10.4. The molecule has 0 atom stereocenters. The Morgan fingerprint density at radius 3 is 2.74 bits per heavy atom. The number of thiazole rings is 1. The van der Waals surface area contributed by atoms with Crippen LogP contribution in [0.3, 0.4) is 0 Å². The van der Waals surface area contributed by atoms with Crippen LogP contribution in [0.4, 0.5) is 0 Å². The zero-order chi connectivity index (χ0) is 17.1. The summed E-state index contributed by atoms with van der Waals surface area (Å²) < 4.78 is 27.2. The van der Waals surface area contributed by atoms with Gasteiger partial charge in [-0.3, -0.25) is 0 Å². The molecule has 9 heteroatoms. The van der Waals surface area contributed by atoms with Crippen LogP contribution < -0.4 is 10.6 Å². The molecule has 1 aromatic rings. The lowest BCUT2D eigenvalue weighted by Gasteiger charge is -2.11. The molecule has 0 spiro atoms. The smallest absolute Gasteiger partial charge is 0.191 e. The Hall–Kier alpha value is -1.19. The topological polar surface area (TPSA) is 92.7 Å². The number of rotatable bonds is 10. The molecule has 0 saturated heterocycles. The monoisotopic (exact) mass is 362 g/mol. The van der Waals surface area contributed by atoms with Gasteiger partial charge < -0.3 is 15.4 Å². The first-order chi connectivity index (χ1) is 10.9. The SMILES string of the molecule is CCNC(=NCc1ncc(CC)s1)NCCOCCS(C)(=O)=O. The number of guanidine groups is 1. The van der Waals surface area contributed by atoms with Gasteiger partial charge in [-0.05, 0) is 13.3 Å². The summed E-state index contributed by atoms with van der Waals surface area (Å²) in [5.41, 5.74) is 0. The molecule has 0 amide bonds. The van der Waals surface area contributed by atoms with Crippen LogP contribution in [0, 0.1) is 0 Å². The summed E-state index contributed by atoms with van der Waals surface area (Å²) in [5.74, 6) is 0.748. The Balaban J connectivity index is 2.32. The molecule has 1 aromatic heterocycles. The summed E-state index contributed by atoms with van der Waals surface area (Å²) in [6, 6.07) is 0. The fraction of sp³-hybridized carbons (Fsp3) is 0.714. The number of nitrogens with one attached hydrogen (secondary N) is 2. The minimum Gasteiger partial charge on any atom is -0.379 e. The van der Waals surface area contributed by atoms with Gasteiger partial charge in [0.25, 0.3) is 0 Å². The van der Waals surface area contributed by atoms with Gasteiger partial charge in [-0.25, -0.2) is 18.4 Å². The van der Waals surface area contributed by atoms with Gasteiger partial charge in [0.2, 0.25) is 0 Å². The second kappa shape index (κ2) is 10.6. The minimum atomic E-state index is -2.96. The maximum Gasteiger partial charge on any atom is 0.191 e. The van der Waals surface area contributed by atoms with Crippen molar-refractivity contribution in [2.45, 2.75) is 26.8 Å². The molecule has 0 saturated carbocycles. The number of aromatic nitrogens is 1. The average Bonchev–Trinajstić information content (AvgIpc) is 2.95. The van der Waals surface area contributed by atoms with E-state index in [2.05, 4.69) is 27.5 Å². The molecule has 1 rings (SSSR count). The van der Waals surface area contributed by atoms with Crippen molar-refractivity contribution in [1.82, 2.24) is 15.6 Å². The van der Waals surface area contributed by atoms with Crippen molar-refractivity contribution in [2.75, 3.05) is 38.3 Å². The van der Waals surface area contributed by atoms with E-state index in [-0.39, 0.29) is 12.4 Å². The Labute approximate surface area is 142 Å². The Morgan fingerprint density at radius 2 is 2.13 bits per heavy atom. The van der Waals surface area contributed by atoms with Crippen LogP contribution in [-0.2, 0) is 27.5 Å². The highest BCUT2D eigenvalue weighted by atomic mass is 32.2. The predicted octanol–water partition coefficient (Wildman–Crippen LogP) is 0.822. The normalized spacial score (nSPS) is 12.4. The van der Waals surface area contributed by atoms with Crippen LogP contribution in [0.2, 0.25) is 0 Å². The van der Waals surface area contributed by atoms with Crippen molar-refractivity contribution >= 4 is 27.1 Å². The van der Waals surface area contributed by atoms with E-state index in [0.29, 0.717) is 25.7 Å². The maximum atomic E-state index is 11.0. The van der Waals surface area contributed by atoms with Crippen molar-refractivity contribution in [2.24, 2.45) is 4.99 Å². The second-order valence-corrected chi connectivity index (χ2v) is 8.40. The minimum absolute atomic E-state index is 0.0466. The van der Waals surface area contributed by atoms with Crippen molar-refractivity contribution in [3.63, 3.8) is 0 Å². The van der Waals surface area contributed by atoms with Crippen LogP contribution in [0.1, 0.15) is 23.7 Å². The van der Waals surface area contributed by atoms with Crippen LogP contribution in [0.5, 0.6) is 0 Å². The molecular weight excluding hydrogens is 336 g/mol. The van der Waals surface area contributed by atoms with Crippen molar-refractivity contribution in [3.8, 4) is 0 Å². The van der Waals surface area contributed by atoms with Gasteiger partial charge in [0.05, 0.1) is 25.5 Å². The van der Waals surface area contributed by atoms with Crippen LogP contribution in [0.15, 0.2) is 11.2 Å². The largest absolute Gasteiger partial charge is 0.379 e. The molecule has 0 bridgehead atoms. The van der Waals surface area contributed by atoms with E-state index in [1.165, 1.54) is 11.1 Å². The molecule has 0 aromatic carbocycles. The van der Waals surface area contributed by atoms with Gasteiger partial charge in [0.15, 0.2) is 5.96 Å². The lowest BCUT2D eigenvalue weighted by Crippen LogP contribution is -2.39. The number of ether oxygens (including phenoxy) is 1. The molecule has 0 fully saturated rings.